The Morgan fingerprint density at radius 3 is 2.70 bits per heavy atom. The number of nitrogens with zero attached hydrogens (tertiary/aromatic N) is 2. The minimum absolute atomic E-state index is 0.107. The second kappa shape index (κ2) is 5.27. The van der Waals surface area contributed by atoms with Crippen LogP contribution in [-0.4, -0.2) is 15.1 Å². The predicted molar refractivity (Wildman–Crippen MR) is 76.7 cm³/mol. The summed E-state index contributed by atoms with van der Waals surface area (Å²) in [4.78, 5) is 8.73. The molecule has 0 unspecified atom stereocenters. The Labute approximate surface area is 116 Å². The molecule has 0 amide bonds. The van der Waals surface area contributed by atoms with E-state index in [-0.39, 0.29) is 6.61 Å². The van der Waals surface area contributed by atoms with Crippen LogP contribution in [0.25, 0.3) is 10.9 Å². The van der Waals surface area contributed by atoms with Crippen molar-refractivity contribution in [1.82, 2.24) is 9.97 Å². The Kier molecular flexibility index (Phi) is 3.31. The maximum absolute atomic E-state index is 9.11. The third kappa shape index (κ3) is 2.46. The monoisotopic (exact) mass is 266 g/mol. The lowest BCUT2D eigenvalue weighted by Crippen LogP contribution is -1.94. The van der Waals surface area contributed by atoms with Crippen molar-refractivity contribution in [1.29, 1.82) is 0 Å². The molecule has 0 fully saturated rings. The van der Waals surface area contributed by atoms with Crippen LogP contribution in [0.15, 0.2) is 48.5 Å². The van der Waals surface area contributed by atoms with Gasteiger partial charge >= 0.3 is 0 Å². The van der Waals surface area contributed by atoms with Gasteiger partial charge in [0.1, 0.15) is 5.52 Å². The molecule has 3 aromatic rings. The molecule has 0 aliphatic carbocycles. The minimum atomic E-state index is -0.107. The summed E-state index contributed by atoms with van der Waals surface area (Å²) in [5.41, 5.74) is 2.32. The first-order valence-corrected chi connectivity index (χ1v) is 6.37. The van der Waals surface area contributed by atoms with E-state index in [2.05, 4.69) is 9.97 Å². The molecule has 4 nitrogen and oxygen atoms in total. The van der Waals surface area contributed by atoms with Gasteiger partial charge in [0.15, 0.2) is 5.75 Å². The van der Waals surface area contributed by atoms with Gasteiger partial charge in [0.05, 0.1) is 12.3 Å². The van der Waals surface area contributed by atoms with Crippen molar-refractivity contribution in [3.8, 4) is 11.6 Å². The first kappa shape index (κ1) is 12.6. The average Bonchev–Trinajstić information content (AvgIpc) is 2.48. The van der Waals surface area contributed by atoms with Crippen molar-refractivity contribution < 1.29 is 9.84 Å². The van der Waals surface area contributed by atoms with Crippen LogP contribution < -0.4 is 4.74 Å². The molecule has 2 aromatic heterocycles. The molecule has 0 saturated heterocycles. The fourth-order valence-corrected chi connectivity index (χ4v) is 2.01. The SMILES string of the molecule is Cc1ccc2cccc(Oc3cccc(CO)n3)c2n1. The van der Waals surface area contributed by atoms with Crippen LogP contribution in [-0.2, 0) is 6.61 Å². The molecule has 0 aliphatic rings. The van der Waals surface area contributed by atoms with Gasteiger partial charge in [0.2, 0.25) is 5.88 Å². The first-order chi connectivity index (χ1) is 9.76. The first-order valence-electron chi connectivity index (χ1n) is 6.37. The molecule has 100 valence electrons. The van der Waals surface area contributed by atoms with E-state index in [9.17, 15) is 0 Å². The highest BCUT2D eigenvalue weighted by atomic mass is 16.5. The van der Waals surface area contributed by atoms with Gasteiger partial charge in [-0.25, -0.2) is 9.97 Å². The number of aliphatic hydroxyl groups is 1. The van der Waals surface area contributed by atoms with Crippen LogP contribution in [0.2, 0.25) is 0 Å². The maximum atomic E-state index is 9.11. The summed E-state index contributed by atoms with van der Waals surface area (Å²) in [6, 6.07) is 15.1. The number of aliphatic hydroxyl groups excluding tert-OH is 1. The lowest BCUT2D eigenvalue weighted by Gasteiger charge is -2.08. The number of rotatable bonds is 3. The van der Waals surface area contributed by atoms with E-state index in [1.165, 1.54) is 0 Å². The van der Waals surface area contributed by atoms with Gasteiger partial charge in [-0.1, -0.05) is 24.3 Å². The summed E-state index contributed by atoms with van der Waals surface area (Å²) in [5, 5.41) is 10.1. The largest absolute Gasteiger partial charge is 0.437 e. The number of fused-ring (bicyclic) bond motifs is 1. The number of aromatic nitrogens is 2. The molecule has 20 heavy (non-hydrogen) atoms. The zero-order valence-electron chi connectivity index (χ0n) is 11.1. The summed E-state index contributed by atoms with van der Waals surface area (Å²) in [5.74, 6) is 1.11. The fourth-order valence-electron chi connectivity index (χ4n) is 2.01. The highest BCUT2D eigenvalue weighted by Gasteiger charge is 2.06. The molecule has 1 N–H and O–H groups in total. The van der Waals surface area contributed by atoms with Gasteiger partial charge in [-0.2, -0.15) is 0 Å². The zero-order valence-corrected chi connectivity index (χ0v) is 11.1. The zero-order chi connectivity index (χ0) is 13.9. The molecular formula is C16H14N2O2. The normalized spacial score (nSPS) is 10.7. The molecule has 2 heterocycles. The summed E-state index contributed by atoms with van der Waals surface area (Å²) in [6.45, 7) is 1.84. The quantitative estimate of drug-likeness (QED) is 0.790. The van der Waals surface area contributed by atoms with Crippen LogP contribution in [0.5, 0.6) is 11.6 Å². The van der Waals surface area contributed by atoms with E-state index < -0.39 is 0 Å². The number of pyridine rings is 2. The second-order valence-corrected chi connectivity index (χ2v) is 4.51. The predicted octanol–water partition coefficient (Wildman–Crippen LogP) is 3.22. The van der Waals surface area contributed by atoms with Gasteiger partial charge in [-0.3, -0.25) is 0 Å². The van der Waals surface area contributed by atoms with Gasteiger partial charge in [-0.05, 0) is 25.1 Å². The molecule has 3 rings (SSSR count). The van der Waals surface area contributed by atoms with Gasteiger partial charge < -0.3 is 9.84 Å². The third-order valence-electron chi connectivity index (χ3n) is 2.98. The molecule has 4 heteroatoms. The summed E-state index contributed by atoms with van der Waals surface area (Å²) in [7, 11) is 0. The lowest BCUT2D eigenvalue weighted by atomic mass is 10.2. The average molecular weight is 266 g/mol. The number of hydrogen-bond acceptors (Lipinski definition) is 4. The van der Waals surface area contributed by atoms with Gasteiger partial charge in [-0.15, -0.1) is 0 Å². The summed E-state index contributed by atoms with van der Waals surface area (Å²) in [6.07, 6.45) is 0. The van der Waals surface area contributed by atoms with E-state index in [4.69, 9.17) is 9.84 Å². The molecular weight excluding hydrogens is 252 g/mol. The Bertz CT molecular complexity index is 756. The molecule has 0 radical (unpaired) electrons. The summed E-state index contributed by atoms with van der Waals surface area (Å²) < 4.78 is 5.80. The van der Waals surface area contributed by atoms with E-state index >= 15 is 0 Å². The van der Waals surface area contributed by atoms with E-state index in [1.54, 1.807) is 18.2 Å². The highest BCUT2D eigenvalue weighted by Crippen LogP contribution is 2.27. The fraction of sp³-hybridized carbons (Fsp3) is 0.125. The van der Waals surface area contributed by atoms with Crippen LogP contribution in [0, 0.1) is 6.92 Å². The molecule has 0 atom stereocenters. The van der Waals surface area contributed by atoms with E-state index in [1.807, 2.05) is 37.3 Å². The van der Waals surface area contributed by atoms with Crippen LogP contribution in [0.4, 0.5) is 0 Å². The van der Waals surface area contributed by atoms with Gasteiger partial charge in [0, 0.05) is 17.1 Å². The van der Waals surface area contributed by atoms with Crippen molar-refractivity contribution >= 4 is 10.9 Å². The van der Waals surface area contributed by atoms with Crippen LogP contribution in [0.3, 0.4) is 0 Å². The van der Waals surface area contributed by atoms with Crippen LogP contribution >= 0.6 is 0 Å². The van der Waals surface area contributed by atoms with Gasteiger partial charge in [0.25, 0.3) is 0 Å². The maximum Gasteiger partial charge on any atom is 0.219 e. The Hall–Kier alpha value is -2.46. The Balaban J connectivity index is 2.03. The molecule has 0 spiro atoms. The molecule has 1 aromatic carbocycles. The van der Waals surface area contributed by atoms with Crippen molar-refractivity contribution in [2.24, 2.45) is 0 Å². The van der Waals surface area contributed by atoms with Crippen molar-refractivity contribution in [3.05, 3.63) is 59.9 Å². The Morgan fingerprint density at radius 2 is 1.85 bits per heavy atom. The smallest absolute Gasteiger partial charge is 0.219 e. The second-order valence-electron chi connectivity index (χ2n) is 4.51. The topological polar surface area (TPSA) is 55.2 Å². The molecule has 0 saturated carbocycles. The number of hydrogen-bond donors (Lipinski definition) is 1. The number of aryl methyl sites for hydroxylation is 1. The van der Waals surface area contributed by atoms with Crippen LogP contribution in [0.1, 0.15) is 11.4 Å². The number of para-hydroxylation sites is 1. The van der Waals surface area contributed by atoms with E-state index in [0.717, 1.165) is 16.6 Å². The highest BCUT2D eigenvalue weighted by molar-refractivity contribution is 5.84. The number of ether oxygens (including phenoxy) is 1. The summed E-state index contributed by atoms with van der Waals surface area (Å²) >= 11 is 0. The standard InChI is InChI=1S/C16H14N2O2/c1-11-8-9-12-4-2-6-14(16(12)17-11)20-15-7-3-5-13(10-19)18-15/h2-9,19H,10H2,1H3. The van der Waals surface area contributed by atoms with Crippen molar-refractivity contribution in [2.75, 3.05) is 0 Å². The third-order valence-corrected chi connectivity index (χ3v) is 2.98. The van der Waals surface area contributed by atoms with Crippen molar-refractivity contribution in [3.63, 3.8) is 0 Å². The molecule has 0 bridgehead atoms. The van der Waals surface area contributed by atoms with E-state index in [0.29, 0.717) is 17.3 Å². The van der Waals surface area contributed by atoms with Crippen molar-refractivity contribution in [2.45, 2.75) is 13.5 Å². The lowest BCUT2D eigenvalue weighted by molar-refractivity contribution is 0.275. The minimum Gasteiger partial charge on any atom is -0.437 e. The number of benzene rings is 1. The Morgan fingerprint density at radius 1 is 1.00 bits per heavy atom. The molecule has 0 aliphatic heterocycles.